The summed E-state index contributed by atoms with van der Waals surface area (Å²) in [6, 6.07) is 10.1. The average molecular weight is 342 g/mol. The maximum atomic E-state index is 12.1. The van der Waals surface area contributed by atoms with Gasteiger partial charge in [-0.1, -0.05) is 25.1 Å². The van der Waals surface area contributed by atoms with Crippen molar-refractivity contribution in [2.75, 3.05) is 13.1 Å². The van der Waals surface area contributed by atoms with Gasteiger partial charge < -0.3 is 10.6 Å². The van der Waals surface area contributed by atoms with Gasteiger partial charge in [0.05, 0.1) is 5.52 Å². The first-order chi connectivity index (χ1) is 9.74. The molecule has 0 saturated carbocycles. The number of rotatable bonds is 4. The zero-order valence-electron chi connectivity index (χ0n) is 12.4. The lowest BCUT2D eigenvalue weighted by Gasteiger charge is -2.31. The van der Waals surface area contributed by atoms with Gasteiger partial charge in [0.1, 0.15) is 0 Å². The normalized spacial score (nSPS) is 15.1. The number of para-hydroxylation sites is 1. The van der Waals surface area contributed by atoms with Crippen molar-refractivity contribution >= 4 is 41.6 Å². The number of hydrogen-bond donors (Lipinski definition) is 2. The van der Waals surface area contributed by atoms with E-state index in [0.717, 1.165) is 29.6 Å². The maximum absolute atomic E-state index is 12.1. The summed E-state index contributed by atoms with van der Waals surface area (Å²) in [4.78, 5) is 16.5. The summed E-state index contributed by atoms with van der Waals surface area (Å²) in [6.07, 6.45) is 1.83. The standard InChI is InChI=1S/C16H19N3O.2ClH/c1-11(14-9-17-10-14)16(20)19-8-12-6-13-4-2-3-5-15(13)18-7-12;;/h2-7,11,14,17H,8-10H2,1H3,(H,19,20);2*1H. The van der Waals surface area contributed by atoms with Crippen LogP contribution in [0.3, 0.4) is 0 Å². The zero-order valence-corrected chi connectivity index (χ0v) is 14.0. The lowest BCUT2D eigenvalue weighted by molar-refractivity contribution is -0.126. The first-order valence-corrected chi connectivity index (χ1v) is 7.06. The molecule has 0 aliphatic carbocycles. The third-order valence-corrected chi connectivity index (χ3v) is 4.05. The monoisotopic (exact) mass is 341 g/mol. The van der Waals surface area contributed by atoms with Crippen LogP contribution in [0.5, 0.6) is 0 Å². The molecule has 1 fully saturated rings. The van der Waals surface area contributed by atoms with Crippen LogP contribution in [0.4, 0.5) is 0 Å². The number of aromatic nitrogens is 1. The van der Waals surface area contributed by atoms with E-state index in [1.165, 1.54) is 0 Å². The fraction of sp³-hybridized carbons (Fsp3) is 0.375. The molecule has 1 unspecified atom stereocenters. The summed E-state index contributed by atoms with van der Waals surface area (Å²) in [6.45, 7) is 4.44. The Balaban J connectivity index is 0.00000121. The number of fused-ring (bicyclic) bond motifs is 1. The Morgan fingerprint density at radius 2 is 2.09 bits per heavy atom. The first-order valence-electron chi connectivity index (χ1n) is 7.06. The molecule has 1 saturated heterocycles. The summed E-state index contributed by atoms with van der Waals surface area (Å²) in [5.74, 6) is 0.680. The number of pyridine rings is 1. The first kappa shape index (κ1) is 18.7. The van der Waals surface area contributed by atoms with Crippen LogP contribution in [-0.4, -0.2) is 24.0 Å². The number of amides is 1. The number of nitrogens with zero attached hydrogens (tertiary/aromatic N) is 1. The topological polar surface area (TPSA) is 54.0 Å². The summed E-state index contributed by atoms with van der Waals surface area (Å²) >= 11 is 0. The predicted octanol–water partition coefficient (Wildman–Crippen LogP) is 2.55. The summed E-state index contributed by atoms with van der Waals surface area (Å²) < 4.78 is 0. The number of carbonyl (C=O) groups is 1. The molecule has 1 atom stereocenters. The van der Waals surface area contributed by atoms with Gasteiger partial charge in [0.15, 0.2) is 0 Å². The average Bonchev–Trinajstić information content (AvgIpc) is 2.42. The molecular weight excluding hydrogens is 321 g/mol. The van der Waals surface area contributed by atoms with Gasteiger partial charge >= 0.3 is 0 Å². The van der Waals surface area contributed by atoms with E-state index in [-0.39, 0.29) is 36.6 Å². The van der Waals surface area contributed by atoms with E-state index in [0.29, 0.717) is 12.5 Å². The second kappa shape index (κ2) is 8.32. The van der Waals surface area contributed by atoms with Gasteiger partial charge in [-0.05, 0) is 36.7 Å². The molecule has 2 aromatic rings. The molecule has 2 heterocycles. The van der Waals surface area contributed by atoms with E-state index in [2.05, 4.69) is 21.7 Å². The molecule has 3 rings (SSSR count). The number of carbonyl (C=O) groups excluding carboxylic acids is 1. The minimum absolute atomic E-state index is 0. The Morgan fingerprint density at radius 3 is 2.77 bits per heavy atom. The fourth-order valence-electron chi connectivity index (χ4n) is 2.44. The molecule has 6 heteroatoms. The number of benzene rings is 1. The molecule has 1 amide bonds. The Bertz CT molecular complexity index is 632. The Hall–Kier alpha value is -1.36. The van der Waals surface area contributed by atoms with Crippen LogP contribution in [-0.2, 0) is 11.3 Å². The largest absolute Gasteiger partial charge is 0.352 e. The SMILES string of the molecule is CC(C(=O)NCc1cnc2ccccc2c1)C1CNC1.Cl.Cl. The van der Waals surface area contributed by atoms with Gasteiger partial charge in [-0.3, -0.25) is 9.78 Å². The zero-order chi connectivity index (χ0) is 13.9. The van der Waals surface area contributed by atoms with Crippen molar-refractivity contribution in [3.05, 3.63) is 42.1 Å². The van der Waals surface area contributed by atoms with Crippen molar-refractivity contribution in [1.29, 1.82) is 0 Å². The van der Waals surface area contributed by atoms with Crippen molar-refractivity contribution in [3.63, 3.8) is 0 Å². The molecule has 0 radical (unpaired) electrons. The van der Waals surface area contributed by atoms with Crippen LogP contribution >= 0.6 is 24.8 Å². The Labute approximate surface area is 142 Å². The van der Waals surface area contributed by atoms with Crippen LogP contribution in [0.15, 0.2) is 36.5 Å². The third kappa shape index (κ3) is 4.09. The predicted molar refractivity (Wildman–Crippen MR) is 93.6 cm³/mol. The second-order valence-corrected chi connectivity index (χ2v) is 5.46. The van der Waals surface area contributed by atoms with Gasteiger partial charge in [0.2, 0.25) is 5.91 Å². The quantitative estimate of drug-likeness (QED) is 0.898. The molecule has 2 N–H and O–H groups in total. The highest BCUT2D eigenvalue weighted by molar-refractivity contribution is 5.85. The van der Waals surface area contributed by atoms with Gasteiger partial charge in [0, 0.05) is 24.0 Å². The highest BCUT2D eigenvalue weighted by atomic mass is 35.5. The van der Waals surface area contributed by atoms with E-state index in [1.807, 2.05) is 37.4 Å². The van der Waals surface area contributed by atoms with Gasteiger partial charge in [0.25, 0.3) is 0 Å². The van der Waals surface area contributed by atoms with Crippen molar-refractivity contribution in [2.45, 2.75) is 13.5 Å². The highest BCUT2D eigenvalue weighted by Gasteiger charge is 2.28. The van der Waals surface area contributed by atoms with E-state index >= 15 is 0 Å². The maximum Gasteiger partial charge on any atom is 0.223 e. The van der Waals surface area contributed by atoms with E-state index in [4.69, 9.17) is 0 Å². The molecule has 1 aliphatic heterocycles. The molecule has 0 bridgehead atoms. The van der Waals surface area contributed by atoms with E-state index in [9.17, 15) is 4.79 Å². The van der Waals surface area contributed by atoms with Crippen LogP contribution in [0.1, 0.15) is 12.5 Å². The minimum atomic E-state index is 0. The van der Waals surface area contributed by atoms with Crippen molar-refractivity contribution in [3.8, 4) is 0 Å². The molecule has 4 nitrogen and oxygen atoms in total. The smallest absolute Gasteiger partial charge is 0.223 e. The molecule has 120 valence electrons. The van der Waals surface area contributed by atoms with Crippen molar-refractivity contribution < 1.29 is 4.79 Å². The third-order valence-electron chi connectivity index (χ3n) is 4.05. The summed E-state index contributed by atoms with van der Waals surface area (Å²) in [5, 5.41) is 7.31. The van der Waals surface area contributed by atoms with Crippen molar-refractivity contribution in [1.82, 2.24) is 15.6 Å². The lowest BCUT2D eigenvalue weighted by Crippen LogP contribution is -2.49. The molecule has 1 aromatic carbocycles. The molecular formula is C16H21Cl2N3O. The van der Waals surface area contributed by atoms with Crippen LogP contribution in [0.2, 0.25) is 0 Å². The van der Waals surface area contributed by atoms with Crippen LogP contribution in [0, 0.1) is 11.8 Å². The Kier molecular flexibility index (Phi) is 7.07. The Morgan fingerprint density at radius 1 is 1.36 bits per heavy atom. The second-order valence-electron chi connectivity index (χ2n) is 5.46. The highest BCUT2D eigenvalue weighted by Crippen LogP contribution is 2.16. The number of hydrogen-bond acceptors (Lipinski definition) is 3. The van der Waals surface area contributed by atoms with Crippen molar-refractivity contribution in [2.24, 2.45) is 11.8 Å². The lowest BCUT2D eigenvalue weighted by atomic mass is 9.88. The summed E-state index contributed by atoms with van der Waals surface area (Å²) in [5.41, 5.74) is 2.02. The fourth-order valence-corrected chi connectivity index (χ4v) is 2.44. The van der Waals surface area contributed by atoms with Crippen LogP contribution < -0.4 is 10.6 Å². The van der Waals surface area contributed by atoms with Gasteiger partial charge in [-0.15, -0.1) is 24.8 Å². The molecule has 1 aliphatic rings. The number of halogens is 2. The molecule has 22 heavy (non-hydrogen) atoms. The minimum Gasteiger partial charge on any atom is -0.352 e. The van der Waals surface area contributed by atoms with E-state index < -0.39 is 0 Å². The number of nitrogens with one attached hydrogen (secondary N) is 2. The van der Waals surface area contributed by atoms with Crippen LogP contribution in [0.25, 0.3) is 10.9 Å². The van der Waals surface area contributed by atoms with Gasteiger partial charge in [-0.2, -0.15) is 0 Å². The molecule has 0 spiro atoms. The molecule has 1 aromatic heterocycles. The van der Waals surface area contributed by atoms with E-state index in [1.54, 1.807) is 0 Å². The van der Waals surface area contributed by atoms with Gasteiger partial charge in [-0.25, -0.2) is 0 Å². The summed E-state index contributed by atoms with van der Waals surface area (Å²) in [7, 11) is 0.